The molecule has 3 aromatic rings. The van der Waals surface area contributed by atoms with Crippen LogP contribution in [0.1, 0.15) is 11.1 Å². The largest absolute Gasteiger partial charge is 0.381 e. The van der Waals surface area contributed by atoms with E-state index in [1.165, 1.54) is 6.07 Å². The number of benzene rings is 2. The monoisotopic (exact) mass is 280 g/mol. The average molecular weight is 280 g/mol. The van der Waals surface area contributed by atoms with Gasteiger partial charge in [0.1, 0.15) is 5.82 Å². The molecule has 3 heteroatoms. The molecule has 0 spiro atoms. The van der Waals surface area contributed by atoms with Gasteiger partial charge in [0.15, 0.2) is 0 Å². The van der Waals surface area contributed by atoms with Crippen LogP contribution >= 0.6 is 0 Å². The summed E-state index contributed by atoms with van der Waals surface area (Å²) in [6.07, 6.45) is 4.03. The predicted octanol–water partition coefficient (Wildman–Crippen LogP) is 4.54. The van der Waals surface area contributed by atoms with Gasteiger partial charge in [-0.1, -0.05) is 18.2 Å². The maximum atomic E-state index is 13.2. The van der Waals surface area contributed by atoms with E-state index >= 15 is 0 Å². The van der Waals surface area contributed by atoms with Crippen LogP contribution in [-0.2, 0) is 6.54 Å². The van der Waals surface area contributed by atoms with Crippen LogP contribution < -0.4 is 5.32 Å². The maximum absolute atomic E-state index is 13.2. The Balaban J connectivity index is 1.73. The second kappa shape index (κ2) is 5.83. The van der Waals surface area contributed by atoms with Gasteiger partial charge in [-0.05, 0) is 54.4 Å². The molecule has 1 aromatic heterocycles. The molecule has 1 heterocycles. The molecule has 1 N–H and O–H groups in total. The van der Waals surface area contributed by atoms with Gasteiger partial charge in [0.25, 0.3) is 0 Å². The number of nitrogens with one attached hydrogen (secondary N) is 1. The van der Waals surface area contributed by atoms with Crippen molar-refractivity contribution in [1.82, 2.24) is 4.57 Å². The SMILES string of the molecule is Cc1cc(CNc2cccc(-n3cccc3)c2)ccc1F. The summed E-state index contributed by atoms with van der Waals surface area (Å²) in [5.74, 6) is -0.159. The van der Waals surface area contributed by atoms with Crippen molar-refractivity contribution in [2.45, 2.75) is 13.5 Å². The van der Waals surface area contributed by atoms with Crippen LogP contribution in [0.3, 0.4) is 0 Å². The molecular weight excluding hydrogens is 263 g/mol. The van der Waals surface area contributed by atoms with Gasteiger partial charge >= 0.3 is 0 Å². The number of nitrogens with zero attached hydrogens (tertiary/aromatic N) is 1. The number of aromatic nitrogens is 1. The number of anilines is 1. The predicted molar refractivity (Wildman–Crippen MR) is 84.2 cm³/mol. The first-order valence-corrected chi connectivity index (χ1v) is 6.95. The highest BCUT2D eigenvalue weighted by Crippen LogP contribution is 2.16. The zero-order valence-electron chi connectivity index (χ0n) is 11.9. The molecule has 0 fully saturated rings. The number of halogens is 1. The molecule has 0 unspecified atom stereocenters. The minimum absolute atomic E-state index is 0.159. The molecule has 2 aromatic carbocycles. The van der Waals surface area contributed by atoms with Crippen LogP contribution in [0.2, 0.25) is 0 Å². The second-order valence-electron chi connectivity index (χ2n) is 5.08. The molecule has 0 aliphatic carbocycles. The zero-order chi connectivity index (χ0) is 14.7. The van der Waals surface area contributed by atoms with E-state index in [-0.39, 0.29) is 5.82 Å². The summed E-state index contributed by atoms with van der Waals surface area (Å²) in [5.41, 5.74) is 3.90. The minimum atomic E-state index is -0.159. The average Bonchev–Trinajstić information content (AvgIpc) is 3.03. The van der Waals surface area contributed by atoms with Crippen LogP contribution in [0.5, 0.6) is 0 Å². The molecule has 0 atom stereocenters. The smallest absolute Gasteiger partial charge is 0.126 e. The lowest BCUT2D eigenvalue weighted by Crippen LogP contribution is -2.01. The molecule has 3 rings (SSSR count). The van der Waals surface area contributed by atoms with Gasteiger partial charge in [-0.15, -0.1) is 0 Å². The Morgan fingerprint density at radius 1 is 1.00 bits per heavy atom. The van der Waals surface area contributed by atoms with E-state index < -0.39 is 0 Å². The molecule has 0 saturated carbocycles. The van der Waals surface area contributed by atoms with Crippen molar-refractivity contribution in [2.24, 2.45) is 0 Å². The Hall–Kier alpha value is -2.55. The van der Waals surface area contributed by atoms with Crippen molar-refractivity contribution in [2.75, 3.05) is 5.32 Å². The molecule has 0 radical (unpaired) electrons. The Morgan fingerprint density at radius 3 is 2.57 bits per heavy atom. The van der Waals surface area contributed by atoms with Crippen LogP contribution in [0, 0.1) is 12.7 Å². The molecular formula is C18H17FN2. The second-order valence-corrected chi connectivity index (χ2v) is 5.08. The third kappa shape index (κ3) is 3.14. The van der Waals surface area contributed by atoms with E-state index in [0.717, 1.165) is 16.9 Å². The van der Waals surface area contributed by atoms with Crippen molar-refractivity contribution < 1.29 is 4.39 Å². The van der Waals surface area contributed by atoms with E-state index in [1.54, 1.807) is 6.92 Å². The number of rotatable bonds is 4. The highest BCUT2D eigenvalue weighted by atomic mass is 19.1. The van der Waals surface area contributed by atoms with Gasteiger partial charge in [0, 0.05) is 30.3 Å². The summed E-state index contributed by atoms with van der Waals surface area (Å²) < 4.78 is 15.3. The van der Waals surface area contributed by atoms with E-state index in [0.29, 0.717) is 12.1 Å². The number of hydrogen-bond acceptors (Lipinski definition) is 1. The molecule has 0 amide bonds. The quantitative estimate of drug-likeness (QED) is 0.742. The van der Waals surface area contributed by atoms with Crippen LogP contribution in [-0.4, -0.2) is 4.57 Å². The summed E-state index contributed by atoms with van der Waals surface area (Å²) in [4.78, 5) is 0. The van der Waals surface area contributed by atoms with Gasteiger partial charge in [-0.25, -0.2) is 4.39 Å². The van der Waals surface area contributed by atoms with Crippen LogP contribution in [0.15, 0.2) is 67.0 Å². The van der Waals surface area contributed by atoms with E-state index in [4.69, 9.17) is 0 Å². The Labute approximate surface area is 123 Å². The minimum Gasteiger partial charge on any atom is -0.381 e. The van der Waals surface area contributed by atoms with E-state index in [1.807, 2.05) is 48.8 Å². The Bertz CT molecular complexity index is 733. The lowest BCUT2D eigenvalue weighted by Gasteiger charge is -2.10. The van der Waals surface area contributed by atoms with Crippen molar-refractivity contribution in [3.05, 3.63) is 83.9 Å². The van der Waals surface area contributed by atoms with Crippen molar-refractivity contribution in [3.8, 4) is 5.69 Å². The highest BCUT2D eigenvalue weighted by molar-refractivity contribution is 5.51. The molecule has 0 saturated heterocycles. The summed E-state index contributed by atoms with van der Waals surface area (Å²) in [6, 6.07) is 17.4. The lowest BCUT2D eigenvalue weighted by atomic mass is 10.1. The lowest BCUT2D eigenvalue weighted by molar-refractivity contribution is 0.617. The summed E-state index contributed by atoms with van der Waals surface area (Å²) >= 11 is 0. The summed E-state index contributed by atoms with van der Waals surface area (Å²) in [7, 11) is 0. The molecule has 0 aliphatic rings. The third-order valence-corrected chi connectivity index (χ3v) is 3.47. The molecule has 0 aliphatic heterocycles. The third-order valence-electron chi connectivity index (χ3n) is 3.47. The van der Waals surface area contributed by atoms with Gasteiger partial charge in [0.05, 0.1) is 0 Å². The molecule has 0 bridgehead atoms. The normalized spacial score (nSPS) is 10.6. The van der Waals surface area contributed by atoms with Crippen molar-refractivity contribution >= 4 is 5.69 Å². The molecule has 21 heavy (non-hydrogen) atoms. The van der Waals surface area contributed by atoms with Gasteiger partial charge in [-0.2, -0.15) is 0 Å². The standard InChI is InChI=1S/C18H17FN2/c1-14-11-15(7-8-18(14)19)13-20-16-5-4-6-17(12-16)21-9-2-3-10-21/h2-12,20H,13H2,1H3. The van der Waals surface area contributed by atoms with Crippen molar-refractivity contribution in [1.29, 1.82) is 0 Å². The fraction of sp³-hybridized carbons (Fsp3) is 0.111. The Kier molecular flexibility index (Phi) is 3.73. The van der Waals surface area contributed by atoms with E-state index in [2.05, 4.69) is 22.0 Å². The van der Waals surface area contributed by atoms with Gasteiger partial charge < -0.3 is 9.88 Å². The van der Waals surface area contributed by atoms with E-state index in [9.17, 15) is 4.39 Å². The van der Waals surface area contributed by atoms with Crippen molar-refractivity contribution in [3.63, 3.8) is 0 Å². The molecule has 106 valence electrons. The number of aryl methyl sites for hydroxylation is 1. The first-order chi connectivity index (χ1) is 10.2. The fourth-order valence-electron chi connectivity index (χ4n) is 2.30. The van der Waals surface area contributed by atoms with Crippen LogP contribution in [0.25, 0.3) is 5.69 Å². The van der Waals surface area contributed by atoms with Crippen LogP contribution in [0.4, 0.5) is 10.1 Å². The summed E-state index contributed by atoms with van der Waals surface area (Å²) in [6.45, 7) is 2.46. The first-order valence-electron chi connectivity index (χ1n) is 6.95. The first kappa shape index (κ1) is 13.4. The zero-order valence-corrected chi connectivity index (χ0v) is 11.9. The highest BCUT2D eigenvalue weighted by Gasteiger charge is 2.00. The van der Waals surface area contributed by atoms with Gasteiger partial charge in [-0.3, -0.25) is 0 Å². The maximum Gasteiger partial charge on any atom is 0.126 e. The Morgan fingerprint density at radius 2 is 1.81 bits per heavy atom. The number of hydrogen-bond donors (Lipinski definition) is 1. The topological polar surface area (TPSA) is 17.0 Å². The van der Waals surface area contributed by atoms with Gasteiger partial charge in [0.2, 0.25) is 0 Å². The fourth-order valence-corrected chi connectivity index (χ4v) is 2.30. The summed E-state index contributed by atoms with van der Waals surface area (Å²) in [5, 5.41) is 3.37. The molecule has 2 nitrogen and oxygen atoms in total.